The highest BCUT2D eigenvalue weighted by Gasteiger charge is 2.30. The predicted octanol–water partition coefficient (Wildman–Crippen LogP) is 3.41. The second-order valence-electron chi connectivity index (χ2n) is 5.46. The van der Waals surface area contributed by atoms with Crippen LogP contribution in [0.1, 0.15) is 42.1 Å². The van der Waals surface area contributed by atoms with Crippen LogP contribution in [0.15, 0.2) is 29.3 Å². The van der Waals surface area contributed by atoms with Crippen molar-refractivity contribution in [3.05, 3.63) is 35.4 Å². The van der Waals surface area contributed by atoms with Crippen LogP contribution in [0.4, 0.5) is 13.2 Å². The van der Waals surface area contributed by atoms with Crippen molar-refractivity contribution in [3.8, 4) is 0 Å². The van der Waals surface area contributed by atoms with Crippen molar-refractivity contribution in [2.24, 2.45) is 4.99 Å². The average molecular weight is 486 g/mol. The Morgan fingerprint density at radius 2 is 1.58 bits per heavy atom. The van der Waals surface area contributed by atoms with Crippen LogP contribution in [0.2, 0.25) is 0 Å². The summed E-state index contributed by atoms with van der Waals surface area (Å²) >= 11 is 0. The highest BCUT2D eigenvalue weighted by molar-refractivity contribution is 14.0. The Labute approximate surface area is 169 Å². The molecule has 0 aliphatic carbocycles. The molecule has 3 N–H and O–H groups in total. The highest BCUT2D eigenvalue weighted by Crippen LogP contribution is 2.28. The molecule has 26 heavy (non-hydrogen) atoms. The van der Waals surface area contributed by atoms with Gasteiger partial charge in [0.2, 0.25) is 0 Å². The van der Waals surface area contributed by atoms with Gasteiger partial charge in [0, 0.05) is 32.2 Å². The molecule has 0 fully saturated rings. The molecule has 9 heteroatoms. The Balaban J connectivity index is 0.00000625. The SMILES string of the molecule is CCCCCNC(=NC)NCCNC(=O)c1ccc(C(F)(F)F)cc1.I. The van der Waals surface area contributed by atoms with Gasteiger partial charge in [-0.1, -0.05) is 19.8 Å². The lowest BCUT2D eigenvalue weighted by Crippen LogP contribution is -2.41. The van der Waals surface area contributed by atoms with Crippen LogP contribution in [0, 0.1) is 0 Å². The maximum Gasteiger partial charge on any atom is 0.416 e. The molecular formula is C17H26F3IN4O. The Kier molecular flexibility index (Phi) is 12.0. The first-order chi connectivity index (χ1) is 11.9. The van der Waals surface area contributed by atoms with Gasteiger partial charge in [0.25, 0.3) is 5.91 Å². The number of hydrogen-bond donors (Lipinski definition) is 3. The van der Waals surface area contributed by atoms with Gasteiger partial charge in [-0.15, -0.1) is 24.0 Å². The zero-order valence-electron chi connectivity index (χ0n) is 14.9. The Morgan fingerprint density at radius 1 is 1.00 bits per heavy atom. The lowest BCUT2D eigenvalue weighted by Gasteiger charge is -2.12. The first kappa shape index (κ1) is 24.5. The van der Waals surface area contributed by atoms with E-state index in [1.807, 2.05) is 0 Å². The van der Waals surface area contributed by atoms with Crippen molar-refractivity contribution < 1.29 is 18.0 Å². The second-order valence-corrected chi connectivity index (χ2v) is 5.46. The number of halogens is 4. The molecule has 1 rings (SSSR count). The van der Waals surface area contributed by atoms with Gasteiger partial charge in [0.05, 0.1) is 5.56 Å². The van der Waals surface area contributed by atoms with Crippen molar-refractivity contribution in [2.45, 2.75) is 32.4 Å². The van der Waals surface area contributed by atoms with Gasteiger partial charge in [-0.25, -0.2) is 0 Å². The number of rotatable bonds is 8. The number of unbranched alkanes of at least 4 members (excludes halogenated alkanes) is 2. The molecule has 0 radical (unpaired) electrons. The molecule has 0 atom stereocenters. The van der Waals surface area contributed by atoms with Gasteiger partial charge in [-0.3, -0.25) is 9.79 Å². The van der Waals surface area contributed by atoms with E-state index in [1.54, 1.807) is 7.05 Å². The molecule has 0 unspecified atom stereocenters. The number of alkyl halides is 3. The topological polar surface area (TPSA) is 65.5 Å². The van der Waals surface area contributed by atoms with Crippen LogP contribution in [-0.2, 0) is 6.18 Å². The standard InChI is InChI=1S/C17H25F3N4O.HI/c1-3-4-5-10-23-16(21-2)24-12-11-22-15(25)13-6-8-14(9-7-13)17(18,19)20;/h6-9H,3-5,10-12H2,1-2H3,(H,22,25)(H2,21,23,24);1H. The number of amides is 1. The fraction of sp³-hybridized carbons (Fsp3) is 0.529. The van der Waals surface area contributed by atoms with Crippen molar-refractivity contribution in [1.82, 2.24) is 16.0 Å². The summed E-state index contributed by atoms with van der Waals surface area (Å²) in [6, 6.07) is 4.13. The maximum absolute atomic E-state index is 12.5. The minimum Gasteiger partial charge on any atom is -0.356 e. The largest absolute Gasteiger partial charge is 0.416 e. The summed E-state index contributed by atoms with van der Waals surface area (Å²) in [7, 11) is 1.66. The molecule has 0 spiro atoms. The van der Waals surface area contributed by atoms with E-state index in [0.29, 0.717) is 19.0 Å². The van der Waals surface area contributed by atoms with Crippen LogP contribution < -0.4 is 16.0 Å². The van der Waals surface area contributed by atoms with E-state index in [1.165, 1.54) is 12.1 Å². The minimum atomic E-state index is -4.40. The van der Waals surface area contributed by atoms with Crippen molar-refractivity contribution in [2.75, 3.05) is 26.7 Å². The van der Waals surface area contributed by atoms with Gasteiger partial charge in [-0.05, 0) is 30.7 Å². The van der Waals surface area contributed by atoms with Crippen molar-refractivity contribution in [1.29, 1.82) is 0 Å². The normalized spacial score (nSPS) is 11.5. The van der Waals surface area contributed by atoms with Crippen LogP contribution in [0.25, 0.3) is 0 Å². The van der Waals surface area contributed by atoms with Gasteiger partial charge >= 0.3 is 6.18 Å². The zero-order valence-corrected chi connectivity index (χ0v) is 17.3. The third kappa shape index (κ3) is 9.25. The molecule has 1 amide bonds. The van der Waals surface area contributed by atoms with Crippen molar-refractivity contribution in [3.63, 3.8) is 0 Å². The number of nitrogens with zero attached hydrogens (tertiary/aromatic N) is 1. The molecule has 1 aromatic rings. The molecule has 5 nitrogen and oxygen atoms in total. The van der Waals surface area contributed by atoms with Crippen LogP contribution >= 0.6 is 24.0 Å². The van der Waals surface area contributed by atoms with E-state index in [4.69, 9.17) is 0 Å². The monoisotopic (exact) mass is 486 g/mol. The average Bonchev–Trinajstić information content (AvgIpc) is 2.59. The molecule has 0 saturated heterocycles. The van der Waals surface area contributed by atoms with E-state index < -0.39 is 17.6 Å². The number of carbonyl (C=O) groups excluding carboxylic acids is 1. The number of hydrogen-bond acceptors (Lipinski definition) is 2. The Morgan fingerprint density at radius 3 is 2.12 bits per heavy atom. The third-order valence-corrected chi connectivity index (χ3v) is 3.47. The van der Waals surface area contributed by atoms with E-state index in [-0.39, 0.29) is 29.5 Å². The number of guanidine groups is 1. The van der Waals surface area contributed by atoms with Crippen molar-refractivity contribution >= 4 is 35.8 Å². The summed E-state index contributed by atoms with van der Waals surface area (Å²) in [5.74, 6) is 0.237. The summed E-state index contributed by atoms with van der Waals surface area (Å²) < 4.78 is 37.5. The summed E-state index contributed by atoms with van der Waals surface area (Å²) in [4.78, 5) is 16.0. The van der Waals surface area contributed by atoms with Crippen LogP contribution in [0.5, 0.6) is 0 Å². The number of benzene rings is 1. The summed E-state index contributed by atoms with van der Waals surface area (Å²) in [6.07, 6.45) is -1.06. The highest BCUT2D eigenvalue weighted by atomic mass is 127. The van der Waals surface area contributed by atoms with Gasteiger partial charge in [-0.2, -0.15) is 13.2 Å². The van der Waals surface area contributed by atoms with E-state index in [9.17, 15) is 18.0 Å². The van der Waals surface area contributed by atoms with Crippen LogP contribution in [-0.4, -0.2) is 38.5 Å². The van der Waals surface area contributed by atoms with E-state index >= 15 is 0 Å². The lowest BCUT2D eigenvalue weighted by atomic mass is 10.1. The smallest absolute Gasteiger partial charge is 0.356 e. The van der Waals surface area contributed by atoms with Crippen LogP contribution in [0.3, 0.4) is 0 Å². The quantitative estimate of drug-likeness (QED) is 0.229. The van der Waals surface area contributed by atoms with E-state index in [2.05, 4.69) is 27.9 Å². The zero-order chi connectivity index (χ0) is 18.7. The Hall–Kier alpha value is -1.52. The summed E-state index contributed by atoms with van der Waals surface area (Å²) in [5.41, 5.74) is -0.585. The lowest BCUT2D eigenvalue weighted by molar-refractivity contribution is -0.137. The molecule has 0 aliphatic heterocycles. The number of carbonyl (C=O) groups is 1. The van der Waals surface area contributed by atoms with Gasteiger partial charge < -0.3 is 16.0 Å². The fourth-order valence-corrected chi connectivity index (χ4v) is 2.07. The number of aliphatic imine (C=N–C) groups is 1. The third-order valence-electron chi connectivity index (χ3n) is 3.47. The molecule has 0 bridgehead atoms. The molecule has 0 aromatic heterocycles. The molecule has 0 heterocycles. The van der Waals surface area contributed by atoms with E-state index in [0.717, 1.165) is 37.9 Å². The van der Waals surface area contributed by atoms with Gasteiger partial charge in [0.15, 0.2) is 5.96 Å². The van der Waals surface area contributed by atoms with Gasteiger partial charge in [0.1, 0.15) is 0 Å². The molecule has 148 valence electrons. The Bertz CT molecular complexity index is 562. The summed E-state index contributed by atoms with van der Waals surface area (Å²) in [5, 5.41) is 8.87. The minimum absolute atomic E-state index is 0. The maximum atomic E-state index is 12.5. The first-order valence-electron chi connectivity index (χ1n) is 8.28. The predicted molar refractivity (Wildman–Crippen MR) is 108 cm³/mol. The summed E-state index contributed by atoms with van der Waals surface area (Å²) in [6.45, 7) is 3.74. The molecule has 1 aromatic carbocycles. The molecule has 0 aliphatic rings. The second kappa shape index (κ2) is 12.8. The molecular weight excluding hydrogens is 460 g/mol. The molecule has 0 saturated carbocycles. The fourth-order valence-electron chi connectivity index (χ4n) is 2.07. The number of nitrogens with one attached hydrogen (secondary N) is 3. The first-order valence-corrected chi connectivity index (χ1v) is 8.28.